The van der Waals surface area contributed by atoms with E-state index in [2.05, 4.69) is 68.7 Å². The molecule has 0 aliphatic heterocycles. The first kappa shape index (κ1) is 30.5. The molecule has 0 aliphatic carbocycles. The average Bonchev–Trinajstić information content (AvgIpc) is 2.94. The van der Waals surface area contributed by atoms with E-state index in [1.807, 2.05) is 67.5 Å². The van der Waals surface area contributed by atoms with Gasteiger partial charge in [0.25, 0.3) is 0 Å². The maximum Gasteiger partial charge on any atom is 0.241 e. The largest absolute Gasteiger partial charge is 0.362 e. The second-order valence-electron chi connectivity index (χ2n) is 11.8. The Morgan fingerprint density at radius 3 is 1.85 bits per heavy atom. The van der Waals surface area contributed by atoms with E-state index in [-0.39, 0.29) is 18.4 Å². The second-order valence-corrected chi connectivity index (χ2v) is 13.5. The number of sulfonamides is 1. The van der Waals surface area contributed by atoms with E-state index in [1.54, 1.807) is 0 Å². The molecule has 0 bridgehead atoms. The monoisotopic (exact) mass is 573 g/mol. The van der Waals surface area contributed by atoms with Gasteiger partial charge in [-0.25, -0.2) is 18.1 Å². The van der Waals surface area contributed by atoms with Crippen LogP contribution in [0.25, 0.3) is 10.9 Å². The van der Waals surface area contributed by atoms with Crippen LogP contribution in [-0.4, -0.2) is 32.5 Å². The summed E-state index contributed by atoms with van der Waals surface area (Å²) in [5, 5.41) is 4.34. The van der Waals surface area contributed by atoms with E-state index in [0.717, 1.165) is 39.0 Å². The molecule has 7 nitrogen and oxygen atoms in total. The molecule has 0 amide bonds. The van der Waals surface area contributed by atoms with E-state index >= 15 is 0 Å². The van der Waals surface area contributed by atoms with E-state index in [0.29, 0.717) is 23.3 Å². The molecule has 0 aliphatic rings. The SMILES string of the molecule is CC(C)c1cc(C(C)C)c(S(=O)(=O)NCc2ccc(CNc3nc(N(C)C)c4ccccc4n3)cc2)c(C(C)C)c1. The molecule has 218 valence electrons. The summed E-state index contributed by atoms with van der Waals surface area (Å²) < 4.78 is 30.3. The summed E-state index contributed by atoms with van der Waals surface area (Å²) in [6.45, 7) is 13.3. The van der Waals surface area contributed by atoms with E-state index < -0.39 is 10.0 Å². The third-order valence-electron chi connectivity index (χ3n) is 7.29. The molecule has 1 aromatic heterocycles. The van der Waals surface area contributed by atoms with Crippen LogP contribution in [0.5, 0.6) is 0 Å². The van der Waals surface area contributed by atoms with Crippen LogP contribution in [0, 0.1) is 0 Å². The molecule has 0 saturated carbocycles. The Hall–Kier alpha value is -3.49. The van der Waals surface area contributed by atoms with Crippen molar-refractivity contribution < 1.29 is 8.42 Å². The van der Waals surface area contributed by atoms with Gasteiger partial charge in [0.1, 0.15) is 5.82 Å². The fourth-order valence-corrected chi connectivity index (χ4v) is 6.60. The third-order valence-corrected chi connectivity index (χ3v) is 8.83. The first-order valence-electron chi connectivity index (χ1n) is 14.3. The van der Waals surface area contributed by atoms with Gasteiger partial charge in [0, 0.05) is 32.6 Å². The number of aromatic nitrogens is 2. The van der Waals surface area contributed by atoms with Gasteiger partial charge in [-0.1, -0.05) is 90.1 Å². The van der Waals surface area contributed by atoms with E-state index in [4.69, 9.17) is 4.98 Å². The van der Waals surface area contributed by atoms with E-state index in [1.165, 1.54) is 5.56 Å². The molecule has 4 aromatic rings. The number of nitrogens with zero attached hydrogens (tertiary/aromatic N) is 3. The maximum absolute atomic E-state index is 13.7. The first-order valence-corrected chi connectivity index (χ1v) is 15.8. The molecule has 1 heterocycles. The minimum atomic E-state index is -3.72. The van der Waals surface area contributed by atoms with Gasteiger partial charge < -0.3 is 10.2 Å². The Labute approximate surface area is 245 Å². The fraction of sp³-hybridized carbons (Fsp3) is 0.394. The second kappa shape index (κ2) is 12.6. The number of nitrogens with one attached hydrogen (secondary N) is 2. The summed E-state index contributed by atoms with van der Waals surface area (Å²) in [6, 6.07) is 20.0. The fourth-order valence-electron chi connectivity index (χ4n) is 4.89. The van der Waals surface area contributed by atoms with Crippen LogP contribution in [0.2, 0.25) is 0 Å². The van der Waals surface area contributed by atoms with Crippen molar-refractivity contribution in [3.05, 3.63) is 88.5 Å². The lowest BCUT2D eigenvalue weighted by Gasteiger charge is -2.23. The smallest absolute Gasteiger partial charge is 0.241 e. The highest BCUT2D eigenvalue weighted by atomic mass is 32.2. The summed E-state index contributed by atoms with van der Waals surface area (Å²) in [5.74, 6) is 1.93. The van der Waals surface area contributed by atoms with Gasteiger partial charge in [-0.3, -0.25) is 0 Å². The van der Waals surface area contributed by atoms with Gasteiger partial charge >= 0.3 is 0 Å². The number of benzene rings is 3. The predicted molar refractivity (Wildman–Crippen MR) is 170 cm³/mol. The molecule has 2 N–H and O–H groups in total. The normalized spacial score (nSPS) is 12.1. The van der Waals surface area contributed by atoms with Crippen molar-refractivity contribution in [1.82, 2.24) is 14.7 Å². The van der Waals surface area contributed by atoms with Crippen molar-refractivity contribution in [3.63, 3.8) is 0 Å². The minimum absolute atomic E-state index is 0.0879. The van der Waals surface area contributed by atoms with Crippen molar-refractivity contribution >= 4 is 32.7 Å². The number of para-hydroxylation sites is 1. The molecule has 0 unspecified atom stereocenters. The quantitative estimate of drug-likeness (QED) is 0.198. The number of anilines is 2. The molecule has 0 atom stereocenters. The van der Waals surface area contributed by atoms with Crippen LogP contribution in [0.4, 0.5) is 11.8 Å². The Morgan fingerprint density at radius 1 is 0.756 bits per heavy atom. The number of rotatable bonds is 11. The van der Waals surface area contributed by atoms with Gasteiger partial charge in [-0.15, -0.1) is 0 Å². The van der Waals surface area contributed by atoms with Crippen LogP contribution < -0.4 is 14.9 Å². The first-order chi connectivity index (χ1) is 19.4. The lowest BCUT2D eigenvalue weighted by molar-refractivity contribution is 0.575. The molecule has 0 radical (unpaired) electrons. The van der Waals surface area contributed by atoms with Crippen molar-refractivity contribution in [2.75, 3.05) is 24.3 Å². The zero-order valence-corrected chi connectivity index (χ0v) is 26.3. The van der Waals surface area contributed by atoms with E-state index in [9.17, 15) is 8.42 Å². The molecule has 3 aromatic carbocycles. The number of fused-ring (bicyclic) bond motifs is 1. The van der Waals surface area contributed by atoms with Crippen LogP contribution in [-0.2, 0) is 23.1 Å². The number of hydrogen-bond acceptors (Lipinski definition) is 6. The zero-order valence-electron chi connectivity index (χ0n) is 25.5. The molecule has 0 saturated heterocycles. The maximum atomic E-state index is 13.7. The Kier molecular flexibility index (Phi) is 9.34. The highest BCUT2D eigenvalue weighted by Crippen LogP contribution is 2.35. The lowest BCUT2D eigenvalue weighted by atomic mass is 9.89. The van der Waals surface area contributed by atoms with Crippen molar-refractivity contribution in [2.45, 2.75) is 77.3 Å². The van der Waals surface area contributed by atoms with Gasteiger partial charge in [-0.2, -0.15) is 4.98 Å². The Bertz CT molecular complexity index is 1580. The molecule has 8 heteroatoms. The van der Waals surface area contributed by atoms with Crippen LogP contribution in [0.1, 0.15) is 87.1 Å². The summed E-state index contributed by atoms with van der Waals surface area (Å²) in [5.41, 5.74) is 5.76. The van der Waals surface area contributed by atoms with Gasteiger partial charge in [0.15, 0.2) is 0 Å². The van der Waals surface area contributed by atoms with Crippen molar-refractivity contribution in [2.24, 2.45) is 0 Å². The minimum Gasteiger partial charge on any atom is -0.362 e. The van der Waals surface area contributed by atoms with Gasteiger partial charge in [0.2, 0.25) is 16.0 Å². The number of hydrogen-bond donors (Lipinski definition) is 2. The Morgan fingerprint density at radius 2 is 1.32 bits per heavy atom. The topological polar surface area (TPSA) is 87.2 Å². The van der Waals surface area contributed by atoms with Gasteiger partial charge in [-0.05, 0) is 57.7 Å². The lowest BCUT2D eigenvalue weighted by Crippen LogP contribution is -2.26. The summed E-state index contributed by atoms with van der Waals surface area (Å²) in [7, 11) is 0.223. The van der Waals surface area contributed by atoms with Crippen LogP contribution in [0.15, 0.2) is 65.6 Å². The highest BCUT2D eigenvalue weighted by Gasteiger charge is 2.26. The summed E-state index contributed by atoms with van der Waals surface area (Å²) in [4.78, 5) is 11.8. The molecular weight excluding hydrogens is 530 g/mol. The van der Waals surface area contributed by atoms with Crippen molar-refractivity contribution in [3.8, 4) is 0 Å². The molecule has 0 spiro atoms. The third kappa shape index (κ3) is 7.05. The molecule has 41 heavy (non-hydrogen) atoms. The zero-order chi connectivity index (χ0) is 29.9. The average molecular weight is 574 g/mol. The highest BCUT2D eigenvalue weighted by molar-refractivity contribution is 7.89. The Balaban J connectivity index is 1.49. The predicted octanol–water partition coefficient (Wildman–Crippen LogP) is 7.16. The molecule has 0 fully saturated rings. The van der Waals surface area contributed by atoms with Crippen molar-refractivity contribution in [1.29, 1.82) is 0 Å². The standard InChI is InChI=1S/C33H43N5O2S/c1-21(2)26-17-28(22(3)4)31(29(18-26)23(5)6)41(39,40)35-20-25-15-13-24(14-16-25)19-34-33-36-30-12-10-9-11-27(30)32(37-33)38(7)8/h9-18,21-23,35H,19-20H2,1-8H3,(H,34,36,37). The molecule has 4 rings (SSSR count). The van der Waals surface area contributed by atoms with Gasteiger partial charge in [0.05, 0.1) is 10.4 Å². The summed E-state index contributed by atoms with van der Waals surface area (Å²) in [6.07, 6.45) is 0. The molecular formula is C33H43N5O2S. The van der Waals surface area contributed by atoms with Crippen LogP contribution in [0.3, 0.4) is 0 Å². The summed E-state index contributed by atoms with van der Waals surface area (Å²) >= 11 is 0. The van der Waals surface area contributed by atoms with Crippen LogP contribution >= 0.6 is 0 Å².